The Kier molecular flexibility index (Phi) is 2.47. The normalized spacial score (nSPS) is 42.6. The molecular formula is C10H16O2. The van der Waals surface area contributed by atoms with Crippen LogP contribution in [-0.2, 0) is 9.47 Å². The SMILES string of the molecule is CCOC1CC/C=C\C2OC2C1. The van der Waals surface area contributed by atoms with E-state index in [4.69, 9.17) is 9.47 Å². The number of epoxide rings is 1. The van der Waals surface area contributed by atoms with Gasteiger partial charge in [0.25, 0.3) is 0 Å². The molecule has 0 aromatic heterocycles. The van der Waals surface area contributed by atoms with Crippen molar-refractivity contribution in [1.82, 2.24) is 0 Å². The van der Waals surface area contributed by atoms with Gasteiger partial charge in [0.05, 0.1) is 12.2 Å². The van der Waals surface area contributed by atoms with E-state index in [0.29, 0.717) is 18.3 Å². The summed E-state index contributed by atoms with van der Waals surface area (Å²) >= 11 is 0. The molecule has 2 aliphatic rings. The van der Waals surface area contributed by atoms with Crippen LogP contribution in [0.4, 0.5) is 0 Å². The van der Waals surface area contributed by atoms with Gasteiger partial charge in [0.1, 0.15) is 6.10 Å². The Bertz CT molecular complexity index is 177. The minimum absolute atomic E-state index is 0.410. The van der Waals surface area contributed by atoms with Gasteiger partial charge in [0.15, 0.2) is 0 Å². The van der Waals surface area contributed by atoms with Gasteiger partial charge in [0, 0.05) is 13.0 Å². The standard InChI is InChI=1S/C10H16O2/c1-2-11-8-5-3-4-6-9-10(7-8)12-9/h4,6,8-10H,2-3,5,7H2,1H3/b6-4-. The molecule has 68 valence electrons. The number of ether oxygens (including phenoxy) is 2. The molecule has 3 unspecified atom stereocenters. The van der Waals surface area contributed by atoms with Crippen molar-refractivity contribution >= 4 is 0 Å². The fraction of sp³-hybridized carbons (Fsp3) is 0.800. The Morgan fingerprint density at radius 1 is 1.58 bits per heavy atom. The maximum absolute atomic E-state index is 5.60. The smallest absolute Gasteiger partial charge is 0.102 e. The van der Waals surface area contributed by atoms with Gasteiger partial charge in [0.2, 0.25) is 0 Å². The summed E-state index contributed by atoms with van der Waals surface area (Å²) in [6.07, 6.45) is 9.07. The molecule has 1 aliphatic heterocycles. The van der Waals surface area contributed by atoms with Crippen molar-refractivity contribution in [2.24, 2.45) is 0 Å². The van der Waals surface area contributed by atoms with Gasteiger partial charge in [-0.1, -0.05) is 12.2 Å². The third kappa shape index (κ3) is 1.87. The van der Waals surface area contributed by atoms with Crippen LogP contribution in [0.15, 0.2) is 12.2 Å². The predicted molar refractivity (Wildman–Crippen MR) is 47.1 cm³/mol. The second-order valence-electron chi connectivity index (χ2n) is 3.46. The van der Waals surface area contributed by atoms with Gasteiger partial charge in [-0.3, -0.25) is 0 Å². The number of fused-ring (bicyclic) bond motifs is 1. The third-order valence-corrected chi connectivity index (χ3v) is 2.50. The van der Waals surface area contributed by atoms with Crippen LogP contribution in [0.3, 0.4) is 0 Å². The Labute approximate surface area is 73.5 Å². The Hall–Kier alpha value is -0.340. The summed E-state index contributed by atoms with van der Waals surface area (Å²) in [6.45, 7) is 2.88. The van der Waals surface area contributed by atoms with Crippen molar-refractivity contribution < 1.29 is 9.47 Å². The zero-order valence-corrected chi connectivity index (χ0v) is 7.53. The number of hydrogen-bond acceptors (Lipinski definition) is 2. The van der Waals surface area contributed by atoms with Crippen LogP contribution in [-0.4, -0.2) is 24.9 Å². The van der Waals surface area contributed by atoms with Gasteiger partial charge < -0.3 is 9.47 Å². The van der Waals surface area contributed by atoms with Crippen LogP contribution in [0, 0.1) is 0 Å². The molecule has 1 saturated heterocycles. The highest BCUT2D eigenvalue weighted by Crippen LogP contribution is 2.31. The number of hydrogen-bond donors (Lipinski definition) is 0. The first kappa shape index (κ1) is 8.27. The molecule has 0 bridgehead atoms. The average Bonchev–Trinajstić information content (AvgIpc) is 2.71. The summed E-state index contributed by atoms with van der Waals surface area (Å²) in [6, 6.07) is 0. The molecule has 0 amide bonds. The molecule has 3 atom stereocenters. The first-order chi connectivity index (χ1) is 5.90. The van der Waals surface area contributed by atoms with Crippen LogP contribution in [0.5, 0.6) is 0 Å². The average molecular weight is 168 g/mol. The van der Waals surface area contributed by atoms with Crippen molar-refractivity contribution in [2.75, 3.05) is 6.61 Å². The van der Waals surface area contributed by atoms with E-state index < -0.39 is 0 Å². The van der Waals surface area contributed by atoms with Crippen LogP contribution in [0.1, 0.15) is 26.2 Å². The lowest BCUT2D eigenvalue weighted by molar-refractivity contribution is 0.0460. The molecule has 0 aromatic rings. The Morgan fingerprint density at radius 3 is 3.33 bits per heavy atom. The van der Waals surface area contributed by atoms with Crippen molar-refractivity contribution in [3.05, 3.63) is 12.2 Å². The van der Waals surface area contributed by atoms with Gasteiger partial charge in [-0.05, 0) is 19.8 Å². The van der Waals surface area contributed by atoms with Gasteiger partial charge in [-0.25, -0.2) is 0 Å². The molecule has 12 heavy (non-hydrogen) atoms. The highest BCUT2D eigenvalue weighted by Gasteiger charge is 2.38. The van der Waals surface area contributed by atoms with Crippen LogP contribution in [0.2, 0.25) is 0 Å². The summed E-state index contributed by atoms with van der Waals surface area (Å²) in [5.41, 5.74) is 0. The van der Waals surface area contributed by atoms with Crippen LogP contribution < -0.4 is 0 Å². The topological polar surface area (TPSA) is 21.8 Å². The van der Waals surface area contributed by atoms with E-state index in [9.17, 15) is 0 Å². The fourth-order valence-corrected chi connectivity index (χ4v) is 1.79. The second-order valence-corrected chi connectivity index (χ2v) is 3.46. The van der Waals surface area contributed by atoms with E-state index in [1.165, 1.54) is 0 Å². The molecule has 0 spiro atoms. The first-order valence-electron chi connectivity index (χ1n) is 4.84. The maximum Gasteiger partial charge on any atom is 0.102 e. The number of allylic oxidation sites excluding steroid dienone is 1. The molecule has 2 heteroatoms. The highest BCUT2D eigenvalue weighted by atomic mass is 16.6. The van der Waals surface area contributed by atoms with Crippen molar-refractivity contribution in [3.63, 3.8) is 0 Å². The minimum Gasteiger partial charge on any atom is -0.378 e. The minimum atomic E-state index is 0.410. The summed E-state index contributed by atoms with van der Waals surface area (Å²) in [4.78, 5) is 0. The van der Waals surface area contributed by atoms with Crippen molar-refractivity contribution in [3.8, 4) is 0 Å². The predicted octanol–water partition coefficient (Wildman–Crippen LogP) is 1.90. The molecular weight excluding hydrogens is 152 g/mol. The van der Waals surface area contributed by atoms with Crippen LogP contribution >= 0.6 is 0 Å². The fourth-order valence-electron chi connectivity index (χ4n) is 1.79. The third-order valence-electron chi connectivity index (χ3n) is 2.50. The summed E-state index contributed by atoms with van der Waals surface area (Å²) in [5, 5.41) is 0. The molecule has 1 heterocycles. The molecule has 1 aliphatic carbocycles. The Morgan fingerprint density at radius 2 is 2.50 bits per heavy atom. The van der Waals surface area contributed by atoms with Crippen molar-refractivity contribution in [1.29, 1.82) is 0 Å². The largest absolute Gasteiger partial charge is 0.378 e. The zero-order valence-electron chi connectivity index (χ0n) is 7.53. The number of rotatable bonds is 2. The molecule has 2 rings (SSSR count). The zero-order chi connectivity index (χ0) is 8.39. The lowest BCUT2D eigenvalue weighted by atomic mass is 10.0. The van der Waals surface area contributed by atoms with Gasteiger partial charge in [-0.2, -0.15) is 0 Å². The Balaban J connectivity index is 1.87. The summed E-state index contributed by atoms with van der Waals surface area (Å²) in [5.74, 6) is 0. The quantitative estimate of drug-likeness (QED) is 0.464. The highest BCUT2D eigenvalue weighted by molar-refractivity contribution is 5.05. The maximum atomic E-state index is 5.60. The first-order valence-corrected chi connectivity index (χ1v) is 4.84. The lowest BCUT2D eigenvalue weighted by Crippen LogP contribution is -2.17. The molecule has 0 radical (unpaired) electrons. The summed E-state index contributed by atoms with van der Waals surface area (Å²) in [7, 11) is 0. The van der Waals surface area contributed by atoms with E-state index in [0.717, 1.165) is 25.9 Å². The molecule has 0 N–H and O–H groups in total. The molecule has 0 aromatic carbocycles. The van der Waals surface area contributed by atoms with E-state index >= 15 is 0 Å². The lowest BCUT2D eigenvalue weighted by Gasteiger charge is -2.15. The van der Waals surface area contributed by atoms with E-state index in [-0.39, 0.29) is 0 Å². The second kappa shape index (κ2) is 3.58. The van der Waals surface area contributed by atoms with Gasteiger partial charge >= 0.3 is 0 Å². The molecule has 2 nitrogen and oxygen atoms in total. The molecule has 1 fully saturated rings. The van der Waals surface area contributed by atoms with Crippen molar-refractivity contribution in [2.45, 2.75) is 44.5 Å². The van der Waals surface area contributed by atoms with E-state index in [2.05, 4.69) is 19.1 Å². The van der Waals surface area contributed by atoms with E-state index in [1.54, 1.807) is 0 Å². The molecule has 0 saturated carbocycles. The monoisotopic (exact) mass is 168 g/mol. The van der Waals surface area contributed by atoms with Gasteiger partial charge in [-0.15, -0.1) is 0 Å². The van der Waals surface area contributed by atoms with Crippen LogP contribution in [0.25, 0.3) is 0 Å². The van der Waals surface area contributed by atoms with E-state index in [1.807, 2.05) is 0 Å². The summed E-state index contributed by atoms with van der Waals surface area (Å²) < 4.78 is 11.0.